The molecule has 1 aliphatic carbocycles. The molecule has 2 aromatic rings. The van der Waals surface area contributed by atoms with E-state index < -0.39 is 6.04 Å². The fraction of sp³-hybridized carbons (Fsp3) is 0.444. The Morgan fingerprint density at radius 3 is 2.67 bits per heavy atom. The van der Waals surface area contributed by atoms with Crippen molar-refractivity contribution in [1.29, 1.82) is 0 Å². The van der Waals surface area contributed by atoms with Crippen LogP contribution in [0.15, 0.2) is 40.5 Å². The van der Waals surface area contributed by atoms with Gasteiger partial charge in [-0.1, -0.05) is 18.9 Å². The minimum Gasteiger partial charge on any atom is -0.472 e. The van der Waals surface area contributed by atoms with Gasteiger partial charge in [-0.15, -0.1) is 11.3 Å². The molecule has 5 nitrogen and oxygen atoms in total. The second kappa shape index (κ2) is 7.66. The fourth-order valence-electron chi connectivity index (χ4n) is 3.20. The van der Waals surface area contributed by atoms with Crippen LogP contribution in [0.25, 0.3) is 0 Å². The summed E-state index contributed by atoms with van der Waals surface area (Å²) >= 11 is 1.67. The van der Waals surface area contributed by atoms with Crippen molar-refractivity contribution in [3.05, 3.63) is 46.5 Å². The van der Waals surface area contributed by atoms with E-state index in [9.17, 15) is 9.59 Å². The van der Waals surface area contributed by atoms with Crippen LogP contribution >= 0.6 is 11.3 Å². The summed E-state index contributed by atoms with van der Waals surface area (Å²) in [6.07, 6.45) is 7.51. The van der Waals surface area contributed by atoms with E-state index in [-0.39, 0.29) is 17.9 Å². The van der Waals surface area contributed by atoms with Crippen LogP contribution in [0.3, 0.4) is 0 Å². The van der Waals surface area contributed by atoms with E-state index in [1.165, 1.54) is 30.2 Å². The van der Waals surface area contributed by atoms with Crippen LogP contribution in [0.2, 0.25) is 0 Å². The second-order valence-electron chi connectivity index (χ2n) is 6.25. The topological polar surface area (TPSA) is 71.3 Å². The highest BCUT2D eigenvalue weighted by Crippen LogP contribution is 2.37. The number of hydrogen-bond donors (Lipinski definition) is 2. The van der Waals surface area contributed by atoms with Crippen LogP contribution < -0.4 is 10.6 Å². The molecule has 0 aliphatic heterocycles. The van der Waals surface area contributed by atoms with Gasteiger partial charge in [-0.3, -0.25) is 9.59 Å². The third kappa shape index (κ3) is 3.87. The molecule has 2 aromatic heterocycles. The first kappa shape index (κ1) is 16.8. The molecule has 2 heterocycles. The summed E-state index contributed by atoms with van der Waals surface area (Å²) in [4.78, 5) is 25.8. The van der Waals surface area contributed by atoms with Gasteiger partial charge in [0.1, 0.15) is 12.3 Å². The van der Waals surface area contributed by atoms with E-state index in [0.717, 1.165) is 12.8 Å². The van der Waals surface area contributed by atoms with Gasteiger partial charge in [-0.05, 0) is 43.2 Å². The lowest BCUT2D eigenvalue weighted by Crippen LogP contribution is -2.46. The highest BCUT2D eigenvalue weighted by Gasteiger charge is 2.30. The van der Waals surface area contributed by atoms with Crippen molar-refractivity contribution in [3.63, 3.8) is 0 Å². The third-order valence-electron chi connectivity index (χ3n) is 4.54. The molecule has 3 rings (SSSR count). The molecular formula is C18H22N2O3S. The summed E-state index contributed by atoms with van der Waals surface area (Å²) < 4.78 is 4.90. The Labute approximate surface area is 145 Å². The summed E-state index contributed by atoms with van der Waals surface area (Å²) in [5.74, 6) is 0.0152. The average Bonchev–Trinajstić information content (AvgIpc) is 3.35. The predicted molar refractivity (Wildman–Crippen MR) is 92.8 cm³/mol. The zero-order valence-electron chi connectivity index (χ0n) is 13.7. The first-order valence-electron chi connectivity index (χ1n) is 8.32. The number of nitrogens with one attached hydrogen (secondary N) is 2. The van der Waals surface area contributed by atoms with Crippen molar-refractivity contribution in [1.82, 2.24) is 10.6 Å². The van der Waals surface area contributed by atoms with Crippen molar-refractivity contribution in [2.75, 3.05) is 0 Å². The van der Waals surface area contributed by atoms with Gasteiger partial charge in [-0.2, -0.15) is 0 Å². The first-order chi connectivity index (χ1) is 11.6. The van der Waals surface area contributed by atoms with Crippen LogP contribution in [0.1, 0.15) is 53.9 Å². The van der Waals surface area contributed by atoms with Gasteiger partial charge in [0.05, 0.1) is 17.9 Å². The Morgan fingerprint density at radius 1 is 1.25 bits per heavy atom. The zero-order valence-corrected chi connectivity index (χ0v) is 14.5. The van der Waals surface area contributed by atoms with Gasteiger partial charge in [-0.25, -0.2) is 0 Å². The summed E-state index contributed by atoms with van der Waals surface area (Å²) in [7, 11) is 0. The zero-order chi connectivity index (χ0) is 16.9. The van der Waals surface area contributed by atoms with E-state index in [4.69, 9.17) is 4.42 Å². The maximum absolute atomic E-state index is 12.6. The minimum absolute atomic E-state index is 0.0354. The van der Waals surface area contributed by atoms with Gasteiger partial charge >= 0.3 is 0 Å². The monoisotopic (exact) mass is 346 g/mol. The minimum atomic E-state index is -0.601. The van der Waals surface area contributed by atoms with Crippen molar-refractivity contribution in [2.24, 2.45) is 5.92 Å². The Balaban J connectivity index is 1.63. The number of carbonyl (C=O) groups excluding carboxylic acids is 2. The summed E-state index contributed by atoms with van der Waals surface area (Å²) in [6.45, 7) is 1.70. The number of hydrogen-bond acceptors (Lipinski definition) is 4. The number of thiophene rings is 1. The lowest BCUT2D eigenvalue weighted by atomic mass is 9.96. The molecule has 1 fully saturated rings. The molecule has 0 aromatic carbocycles. The van der Waals surface area contributed by atoms with Gasteiger partial charge in [0, 0.05) is 4.88 Å². The summed E-state index contributed by atoms with van der Waals surface area (Å²) in [5, 5.41) is 7.90. The molecule has 0 radical (unpaired) electrons. The van der Waals surface area contributed by atoms with Crippen molar-refractivity contribution in [2.45, 2.75) is 44.7 Å². The molecule has 24 heavy (non-hydrogen) atoms. The summed E-state index contributed by atoms with van der Waals surface area (Å²) in [6, 6.07) is 5.10. The molecule has 2 unspecified atom stereocenters. The second-order valence-corrected chi connectivity index (χ2v) is 7.23. The molecule has 2 N–H and O–H groups in total. The van der Waals surface area contributed by atoms with Crippen LogP contribution in [0.5, 0.6) is 0 Å². The van der Waals surface area contributed by atoms with Crippen molar-refractivity contribution >= 4 is 23.2 Å². The SMILES string of the molecule is CC(NC(=O)c1ccoc1)C(=O)NC(c1cccs1)C1CCCC1. The van der Waals surface area contributed by atoms with E-state index in [2.05, 4.69) is 16.7 Å². The van der Waals surface area contributed by atoms with Crippen LogP contribution in [-0.4, -0.2) is 17.9 Å². The molecule has 2 amide bonds. The number of carbonyl (C=O) groups is 2. The smallest absolute Gasteiger partial charge is 0.255 e. The molecule has 6 heteroatoms. The molecule has 0 spiro atoms. The standard InChI is InChI=1S/C18H22N2O3S/c1-12(19-18(22)14-8-9-23-11-14)17(21)20-16(13-5-2-3-6-13)15-7-4-10-24-15/h4,7-13,16H,2-3,5-6H2,1H3,(H,19,22)(H,20,21). The van der Waals surface area contributed by atoms with Gasteiger partial charge in [0.2, 0.25) is 5.91 Å². The number of furan rings is 1. The van der Waals surface area contributed by atoms with Crippen molar-refractivity contribution in [3.8, 4) is 0 Å². The molecule has 128 valence electrons. The van der Waals surface area contributed by atoms with E-state index in [0.29, 0.717) is 11.5 Å². The molecular weight excluding hydrogens is 324 g/mol. The van der Waals surface area contributed by atoms with Crippen LogP contribution in [0.4, 0.5) is 0 Å². The van der Waals surface area contributed by atoms with E-state index in [1.54, 1.807) is 24.3 Å². The average molecular weight is 346 g/mol. The Morgan fingerprint density at radius 2 is 2.04 bits per heavy atom. The van der Waals surface area contributed by atoms with Crippen LogP contribution in [0, 0.1) is 5.92 Å². The van der Waals surface area contributed by atoms with Gasteiger partial charge in [0.25, 0.3) is 5.91 Å². The van der Waals surface area contributed by atoms with Gasteiger partial charge < -0.3 is 15.1 Å². The van der Waals surface area contributed by atoms with Gasteiger partial charge in [0.15, 0.2) is 0 Å². The normalized spacial score (nSPS) is 17.4. The molecule has 1 saturated carbocycles. The highest BCUT2D eigenvalue weighted by atomic mass is 32.1. The van der Waals surface area contributed by atoms with E-state index in [1.807, 2.05) is 11.4 Å². The molecule has 0 bridgehead atoms. The Hall–Kier alpha value is -2.08. The largest absolute Gasteiger partial charge is 0.472 e. The quantitative estimate of drug-likeness (QED) is 0.841. The van der Waals surface area contributed by atoms with Crippen molar-refractivity contribution < 1.29 is 14.0 Å². The maximum atomic E-state index is 12.6. The molecule has 2 atom stereocenters. The Bertz CT molecular complexity index is 661. The third-order valence-corrected chi connectivity index (χ3v) is 5.50. The highest BCUT2D eigenvalue weighted by molar-refractivity contribution is 7.10. The fourth-order valence-corrected chi connectivity index (χ4v) is 4.07. The molecule has 0 saturated heterocycles. The summed E-state index contributed by atoms with van der Waals surface area (Å²) in [5.41, 5.74) is 0.417. The lowest BCUT2D eigenvalue weighted by Gasteiger charge is -2.25. The predicted octanol–water partition coefficient (Wildman–Crippen LogP) is 3.51. The van der Waals surface area contributed by atoms with E-state index >= 15 is 0 Å². The first-order valence-corrected chi connectivity index (χ1v) is 9.20. The molecule has 1 aliphatic rings. The lowest BCUT2D eigenvalue weighted by molar-refractivity contribution is -0.123. The maximum Gasteiger partial charge on any atom is 0.255 e. The van der Waals surface area contributed by atoms with Crippen LogP contribution in [-0.2, 0) is 4.79 Å². The number of rotatable bonds is 6. The Kier molecular flexibility index (Phi) is 5.35. The number of amides is 2.